The molecule has 7 heteroatoms. The maximum Gasteiger partial charge on any atom is 0.348 e. The molecule has 0 saturated heterocycles. The Balaban J connectivity index is 1.59. The first-order valence-corrected chi connectivity index (χ1v) is 14.9. The Morgan fingerprint density at radius 2 is 1.70 bits per heavy atom. The molecule has 6 nitrogen and oxygen atoms in total. The number of carboxylic acids is 1. The standard InChI is InChI=1S/C30H43NO5S/c1-19-8-10-20(11-9-19)28(33)31(21-12-14-22(15-13-21)36-26-7-5-6-25(26)32)24-18-23(16-17-30(2,3)4)37-27(24)29(34)35/h18-22,25-26,32H,5-15H2,1-4H3,(H,34,35)/t19-,20-,21-,22-,25-,26-/m0/s1. The SMILES string of the molecule is CC(C)(C)C#Cc1cc(N(C(=O)[C@H]2CC[C@H](C)CC2)[C@H]2CC[C@H](O[C@H]3CCC[C@@H]3O)CC2)c(C(=O)O)s1. The number of hydrogen-bond donors (Lipinski definition) is 2. The lowest BCUT2D eigenvalue weighted by molar-refractivity contribution is -0.124. The van der Waals surface area contributed by atoms with Crippen molar-refractivity contribution in [3.63, 3.8) is 0 Å². The Labute approximate surface area is 225 Å². The van der Waals surface area contributed by atoms with Crippen LogP contribution in [-0.2, 0) is 9.53 Å². The summed E-state index contributed by atoms with van der Waals surface area (Å²) in [6.07, 6.45) is 9.26. The highest BCUT2D eigenvalue weighted by atomic mass is 32.1. The first-order valence-electron chi connectivity index (χ1n) is 14.1. The average molecular weight is 530 g/mol. The number of carboxylic acid groups (broad SMARTS) is 1. The molecule has 2 atom stereocenters. The number of aromatic carboxylic acids is 1. The van der Waals surface area contributed by atoms with Crippen molar-refractivity contribution in [1.29, 1.82) is 0 Å². The van der Waals surface area contributed by atoms with Crippen LogP contribution in [0.4, 0.5) is 5.69 Å². The van der Waals surface area contributed by atoms with Gasteiger partial charge in [-0.1, -0.05) is 18.8 Å². The van der Waals surface area contributed by atoms with Crippen LogP contribution in [0, 0.1) is 29.1 Å². The van der Waals surface area contributed by atoms with Crippen LogP contribution in [0.15, 0.2) is 6.07 Å². The monoisotopic (exact) mass is 529 g/mol. The Bertz CT molecular complexity index is 1010. The lowest BCUT2D eigenvalue weighted by Gasteiger charge is -2.40. The number of amides is 1. The maximum absolute atomic E-state index is 14.0. The van der Waals surface area contributed by atoms with Crippen LogP contribution < -0.4 is 4.90 Å². The second-order valence-electron chi connectivity index (χ2n) is 12.4. The Morgan fingerprint density at radius 1 is 1.03 bits per heavy atom. The predicted octanol–water partition coefficient (Wildman–Crippen LogP) is 6.24. The summed E-state index contributed by atoms with van der Waals surface area (Å²) in [5.74, 6) is 5.99. The molecule has 3 aliphatic carbocycles. The van der Waals surface area contributed by atoms with Gasteiger partial charge in [0, 0.05) is 17.4 Å². The summed E-state index contributed by atoms with van der Waals surface area (Å²) >= 11 is 1.17. The van der Waals surface area contributed by atoms with Gasteiger partial charge in [0.05, 0.1) is 28.9 Å². The highest BCUT2D eigenvalue weighted by molar-refractivity contribution is 7.15. The lowest BCUT2D eigenvalue weighted by Crippen LogP contribution is -2.47. The molecule has 3 saturated carbocycles. The maximum atomic E-state index is 14.0. The van der Waals surface area contributed by atoms with Gasteiger partial charge < -0.3 is 19.8 Å². The largest absolute Gasteiger partial charge is 0.477 e. The summed E-state index contributed by atoms with van der Waals surface area (Å²) in [4.78, 5) is 29.1. The van der Waals surface area contributed by atoms with Crippen molar-refractivity contribution in [3.05, 3.63) is 15.8 Å². The van der Waals surface area contributed by atoms with E-state index in [0.29, 0.717) is 16.5 Å². The number of rotatable bonds is 6. The van der Waals surface area contributed by atoms with E-state index in [1.54, 1.807) is 0 Å². The quantitative estimate of drug-likeness (QED) is 0.426. The van der Waals surface area contributed by atoms with Gasteiger partial charge in [0.2, 0.25) is 5.91 Å². The van der Waals surface area contributed by atoms with Gasteiger partial charge in [-0.25, -0.2) is 4.79 Å². The van der Waals surface area contributed by atoms with Gasteiger partial charge in [-0.2, -0.15) is 0 Å². The number of carbonyl (C=O) groups is 2. The van der Waals surface area contributed by atoms with E-state index in [-0.39, 0.29) is 46.5 Å². The lowest BCUT2D eigenvalue weighted by atomic mass is 9.81. The van der Waals surface area contributed by atoms with Gasteiger partial charge in [0.1, 0.15) is 4.88 Å². The zero-order valence-corrected chi connectivity index (χ0v) is 23.6. The molecule has 204 valence electrons. The first kappa shape index (κ1) is 28.1. The van der Waals surface area contributed by atoms with Crippen LogP contribution >= 0.6 is 11.3 Å². The van der Waals surface area contributed by atoms with Gasteiger partial charge in [0.25, 0.3) is 0 Å². The number of nitrogens with zero attached hydrogens (tertiary/aromatic N) is 1. The molecule has 1 aromatic heterocycles. The zero-order valence-electron chi connectivity index (χ0n) is 22.8. The Morgan fingerprint density at radius 3 is 2.27 bits per heavy atom. The van der Waals surface area contributed by atoms with Crippen molar-refractivity contribution < 1.29 is 24.5 Å². The van der Waals surface area contributed by atoms with Crippen LogP contribution in [-0.4, -0.2) is 46.4 Å². The molecule has 0 bridgehead atoms. The van der Waals surface area contributed by atoms with Crippen LogP contribution in [0.3, 0.4) is 0 Å². The topological polar surface area (TPSA) is 87.1 Å². The van der Waals surface area contributed by atoms with Gasteiger partial charge in [-0.15, -0.1) is 11.3 Å². The van der Waals surface area contributed by atoms with E-state index in [0.717, 1.165) is 70.6 Å². The van der Waals surface area contributed by atoms with Crippen molar-refractivity contribution in [1.82, 2.24) is 0 Å². The van der Waals surface area contributed by atoms with Gasteiger partial charge in [-0.3, -0.25) is 4.79 Å². The van der Waals surface area contributed by atoms with Crippen molar-refractivity contribution >= 4 is 28.9 Å². The average Bonchev–Trinajstić information content (AvgIpc) is 3.45. The van der Waals surface area contributed by atoms with E-state index in [1.165, 1.54) is 11.3 Å². The van der Waals surface area contributed by atoms with Crippen LogP contribution in [0.5, 0.6) is 0 Å². The zero-order chi connectivity index (χ0) is 26.7. The van der Waals surface area contributed by atoms with E-state index < -0.39 is 5.97 Å². The molecule has 3 aliphatic rings. The third-order valence-electron chi connectivity index (χ3n) is 8.12. The molecule has 0 aliphatic heterocycles. The molecular weight excluding hydrogens is 486 g/mol. The number of thiophene rings is 1. The summed E-state index contributed by atoms with van der Waals surface area (Å²) in [6, 6.07) is 1.77. The summed E-state index contributed by atoms with van der Waals surface area (Å²) in [5.41, 5.74) is 0.308. The summed E-state index contributed by atoms with van der Waals surface area (Å²) in [5, 5.41) is 20.3. The van der Waals surface area contributed by atoms with Crippen LogP contribution in [0.1, 0.15) is 113 Å². The van der Waals surface area contributed by atoms with Crippen LogP contribution in [0.2, 0.25) is 0 Å². The second-order valence-corrected chi connectivity index (χ2v) is 13.5. The van der Waals surface area contributed by atoms with E-state index in [9.17, 15) is 19.8 Å². The van der Waals surface area contributed by atoms with Crippen molar-refractivity contribution in [2.75, 3.05) is 4.90 Å². The van der Waals surface area contributed by atoms with Crippen LogP contribution in [0.25, 0.3) is 0 Å². The van der Waals surface area contributed by atoms with Gasteiger partial charge in [0.15, 0.2) is 0 Å². The third-order valence-corrected chi connectivity index (χ3v) is 9.15. The minimum atomic E-state index is -1.01. The molecule has 0 aromatic carbocycles. The van der Waals surface area contributed by atoms with E-state index in [1.807, 2.05) is 31.7 Å². The molecule has 0 spiro atoms. The number of aliphatic hydroxyl groups is 1. The summed E-state index contributed by atoms with van der Waals surface area (Å²) in [7, 11) is 0. The van der Waals surface area contributed by atoms with Gasteiger partial charge >= 0.3 is 5.97 Å². The molecule has 37 heavy (non-hydrogen) atoms. The first-order chi connectivity index (χ1) is 17.5. The Kier molecular flexibility index (Phi) is 9.04. The third kappa shape index (κ3) is 7.16. The summed E-state index contributed by atoms with van der Waals surface area (Å²) in [6.45, 7) is 8.31. The molecule has 1 heterocycles. The number of ether oxygens (including phenoxy) is 1. The number of anilines is 1. The molecule has 1 amide bonds. The molecule has 3 fully saturated rings. The molecule has 0 radical (unpaired) electrons. The fraction of sp³-hybridized carbons (Fsp3) is 0.733. The predicted molar refractivity (Wildman–Crippen MR) is 147 cm³/mol. The fourth-order valence-corrected chi connectivity index (χ4v) is 6.82. The number of hydrogen-bond acceptors (Lipinski definition) is 5. The smallest absolute Gasteiger partial charge is 0.348 e. The van der Waals surface area contributed by atoms with E-state index in [2.05, 4.69) is 18.8 Å². The van der Waals surface area contributed by atoms with E-state index >= 15 is 0 Å². The van der Waals surface area contributed by atoms with Gasteiger partial charge in [-0.05, 0) is 103 Å². The normalized spacial score (nSPS) is 30.4. The number of aliphatic hydroxyl groups excluding tert-OH is 1. The molecule has 0 unspecified atom stereocenters. The minimum absolute atomic E-state index is 0.0590. The van der Waals surface area contributed by atoms with E-state index in [4.69, 9.17) is 4.74 Å². The van der Waals surface area contributed by atoms with Crippen molar-refractivity contribution in [2.24, 2.45) is 17.3 Å². The second kappa shape index (κ2) is 11.9. The molecule has 2 N–H and O–H groups in total. The highest BCUT2D eigenvalue weighted by Gasteiger charge is 2.38. The molecule has 4 rings (SSSR count). The number of carbonyl (C=O) groups excluding carboxylic acids is 1. The molecular formula is C30H43NO5S. The van der Waals surface area contributed by atoms with Crippen molar-refractivity contribution in [2.45, 2.75) is 123 Å². The molecule has 1 aromatic rings. The Hall–Kier alpha value is -1.88. The van der Waals surface area contributed by atoms with Crippen molar-refractivity contribution in [3.8, 4) is 11.8 Å². The highest BCUT2D eigenvalue weighted by Crippen LogP contribution is 2.39. The fourth-order valence-electron chi connectivity index (χ4n) is 5.98. The minimum Gasteiger partial charge on any atom is -0.477 e. The summed E-state index contributed by atoms with van der Waals surface area (Å²) < 4.78 is 6.25.